The van der Waals surface area contributed by atoms with Gasteiger partial charge in [0.1, 0.15) is 0 Å². The monoisotopic (exact) mass is 266 g/mol. The molecule has 0 aromatic carbocycles. The molecule has 0 bridgehead atoms. The summed E-state index contributed by atoms with van der Waals surface area (Å²) < 4.78 is 1.34. The van der Waals surface area contributed by atoms with Gasteiger partial charge in [0.05, 0.1) is 7.05 Å². The molecule has 7 nitrogen and oxygen atoms in total. The first-order valence-electron chi connectivity index (χ1n) is 6.28. The lowest BCUT2D eigenvalue weighted by Crippen LogP contribution is -2.31. The number of nitro groups is 1. The Balaban J connectivity index is 2.11. The maximum atomic E-state index is 12.3. The summed E-state index contributed by atoms with van der Waals surface area (Å²) in [5, 5.41) is 13.9. The number of aromatic nitrogens is 1. The predicted molar refractivity (Wildman–Crippen MR) is 70.0 cm³/mol. The van der Waals surface area contributed by atoms with E-state index in [1.54, 1.807) is 11.9 Å². The average molecular weight is 266 g/mol. The van der Waals surface area contributed by atoms with Crippen molar-refractivity contribution in [3.05, 3.63) is 27.9 Å². The number of likely N-dealkylation sites (tertiary alicyclic amines) is 1. The molecular formula is C12H18N4O3. The summed E-state index contributed by atoms with van der Waals surface area (Å²) in [4.78, 5) is 24.4. The van der Waals surface area contributed by atoms with Crippen LogP contribution >= 0.6 is 0 Å². The fourth-order valence-electron chi connectivity index (χ4n) is 2.53. The molecule has 1 unspecified atom stereocenters. The number of hydrogen-bond acceptors (Lipinski definition) is 4. The van der Waals surface area contributed by atoms with Crippen LogP contribution in [-0.4, -0.2) is 47.0 Å². The third kappa shape index (κ3) is 2.60. The Kier molecular flexibility index (Phi) is 3.84. The molecule has 1 fully saturated rings. The third-order valence-electron chi connectivity index (χ3n) is 3.57. The molecule has 1 aliphatic rings. The molecule has 7 heteroatoms. The van der Waals surface area contributed by atoms with E-state index in [1.165, 1.54) is 16.7 Å². The Morgan fingerprint density at radius 3 is 2.89 bits per heavy atom. The van der Waals surface area contributed by atoms with E-state index in [0.29, 0.717) is 24.7 Å². The van der Waals surface area contributed by atoms with Crippen LogP contribution in [-0.2, 0) is 7.05 Å². The zero-order valence-corrected chi connectivity index (χ0v) is 11.1. The van der Waals surface area contributed by atoms with Gasteiger partial charge in [0.15, 0.2) is 5.69 Å². The summed E-state index contributed by atoms with van der Waals surface area (Å²) in [7, 11) is 3.44. The van der Waals surface area contributed by atoms with E-state index in [4.69, 9.17) is 0 Å². The first-order chi connectivity index (χ1) is 9.04. The SMILES string of the molecule is CNCC1CCN(C(=O)c2ccc([N+](=O)[O-])n2C)C1. The zero-order valence-electron chi connectivity index (χ0n) is 11.1. The van der Waals surface area contributed by atoms with Crippen molar-refractivity contribution in [2.45, 2.75) is 6.42 Å². The number of carbonyl (C=O) groups is 1. The molecule has 1 atom stereocenters. The number of nitrogens with zero attached hydrogens (tertiary/aromatic N) is 3. The van der Waals surface area contributed by atoms with Crippen LogP contribution in [0.5, 0.6) is 0 Å². The van der Waals surface area contributed by atoms with Crippen molar-refractivity contribution in [1.29, 1.82) is 0 Å². The third-order valence-corrected chi connectivity index (χ3v) is 3.57. The highest BCUT2D eigenvalue weighted by molar-refractivity contribution is 5.93. The molecule has 0 saturated carbocycles. The van der Waals surface area contributed by atoms with E-state index in [-0.39, 0.29) is 11.7 Å². The van der Waals surface area contributed by atoms with Gasteiger partial charge in [-0.15, -0.1) is 0 Å². The smallest absolute Gasteiger partial charge is 0.323 e. The van der Waals surface area contributed by atoms with Gasteiger partial charge in [0.2, 0.25) is 0 Å². The summed E-state index contributed by atoms with van der Waals surface area (Å²) >= 11 is 0. The number of hydrogen-bond donors (Lipinski definition) is 1. The lowest BCUT2D eigenvalue weighted by molar-refractivity contribution is -0.391. The molecule has 0 aliphatic carbocycles. The van der Waals surface area contributed by atoms with E-state index < -0.39 is 4.92 Å². The summed E-state index contributed by atoms with van der Waals surface area (Å²) in [5.41, 5.74) is 0.372. The lowest BCUT2D eigenvalue weighted by atomic mass is 10.1. The van der Waals surface area contributed by atoms with Crippen molar-refractivity contribution < 1.29 is 9.72 Å². The molecule has 2 rings (SSSR count). The van der Waals surface area contributed by atoms with E-state index in [2.05, 4.69) is 5.32 Å². The summed E-state index contributed by atoms with van der Waals surface area (Å²) in [6, 6.07) is 2.89. The van der Waals surface area contributed by atoms with Crippen LogP contribution in [0.25, 0.3) is 0 Å². The first-order valence-corrected chi connectivity index (χ1v) is 6.28. The number of carbonyl (C=O) groups excluding carboxylic acids is 1. The Morgan fingerprint density at radius 1 is 1.58 bits per heavy atom. The van der Waals surface area contributed by atoms with E-state index in [9.17, 15) is 14.9 Å². The van der Waals surface area contributed by atoms with E-state index in [1.807, 2.05) is 7.05 Å². The molecule has 19 heavy (non-hydrogen) atoms. The maximum absolute atomic E-state index is 12.3. The second-order valence-corrected chi connectivity index (χ2v) is 4.86. The fraction of sp³-hybridized carbons (Fsp3) is 0.583. The number of amides is 1. The second-order valence-electron chi connectivity index (χ2n) is 4.86. The Bertz CT molecular complexity index is 497. The van der Waals surface area contributed by atoms with Crippen molar-refractivity contribution in [3.63, 3.8) is 0 Å². The van der Waals surface area contributed by atoms with Gasteiger partial charge >= 0.3 is 5.82 Å². The average Bonchev–Trinajstić information content (AvgIpc) is 2.95. The van der Waals surface area contributed by atoms with Crippen LogP contribution in [0.3, 0.4) is 0 Å². The van der Waals surface area contributed by atoms with E-state index >= 15 is 0 Å². The van der Waals surface area contributed by atoms with Crippen LogP contribution in [0.15, 0.2) is 12.1 Å². The number of rotatable bonds is 4. The van der Waals surface area contributed by atoms with Gasteiger partial charge in [-0.3, -0.25) is 4.79 Å². The van der Waals surface area contributed by atoms with Crippen LogP contribution in [0.4, 0.5) is 5.82 Å². The standard InChI is InChI=1S/C12H18N4O3/c1-13-7-9-5-6-15(8-9)12(17)10-3-4-11(14(10)2)16(18)19/h3-4,9,13H,5-8H2,1-2H3. The Hall–Kier alpha value is -1.89. The summed E-state index contributed by atoms with van der Waals surface area (Å²) in [6.07, 6.45) is 0.971. The van der Waals surface area contributed by atoms with Crippen molar-refractivity contribution in [2.24, 2.45) is 13.0 Å². The predicted octanol–water partition coefficient (Wildman–Crippen LogP) is 0.615. The minimum Gasteiger partial charge on any atom is -0.358 e. The lowest BCUT2D eigenvalue weighted by Gasteiger charge is -2.15. The maximum Gasteiger partial charge on any atom is 0.323 e. The molecule has 1 aliphatic heterocycles. The number of nitrogens with one attached hydrogen (secondary N) is 1. The molecule has 1 amide bonds. The van der Waals surface area contributed by atoms with Gasteiger partial charge in [0, 0.05) is 19.2 Å². The second kappa shape index (κ2) is 5.40. The van der Waals surface area contributed by atoms with Crippen LogP contribution in [0, 0.1) is 16.0 Å². The Labute approximate surface area is 111 Å². The molecule has 0 radical (unpaired) electrons. The zero-order chi connectivity index (χ0) is 14.0. The highest BCUT2D eigenvalue weighted by Crippen LogP contribution is 2.21. The first kappa shape index (κ1) is 13.5. The molecule has 0 spiro atoms. The van der Waals surface area contributed by atoms with Crippen LogP contribution < -0.4 is 5.32 Å². The van der Waals surface area contributed by atoms with Gasteiger partial charge in [0.25, 0.3) is 5.91 Å². The fourth-order valence-corrected chi connectivity index (χ4v) is 2.53. The molecule has 2 heterocycles. The van der Waals surface area contributed by atoms with Crippen molar-refractivity contribution >= 4 is 11.7 Å². The van der Waals surface area contributed by atoms with Crippen molar-refractivity contribution in [1.82, 2.24) is 14.8 Å². The highest BCUT2D eigenvalue weighted by Gasteiger charge is 2.30. The molecule has 1 aromatic heterocycles. The minimum absolute atomic E-state index is 0.0608. The van der Waals surface area contributed by atoms with Crippen LogP contribution in [0.1, 0.15) is 16.9 Å². The molecule has 104 valence electrons. The van der Waals surface area contributed by atoms with Gasteiger partial charge in [-0.25, -0.2) is 4.57 Å². The van der Waals surface area contributed by atoms with E-state index in [0.717, 1.165) is 13.0 Å². The molecule has 1 saturated heterocycles. The largest absolute Gasteiger partial charge is 0.358 e. The summed E-state index contributed by atoms with van der Waals surface area (Å²) in [6.45, 7) is 2.31. The quantitative estimate of drug-likeness (QED) is 0.639. The molecule has 1 N–H and O–H groups in total. The molecule has 1 aromatic rings. The van der Waals surface area contributed by atoms with Gasteiger partial charge in [-0.1, -0.05) is 0 Å². The van der Waals surface area contributed by atoms with Gasteiger partial charge in [-0.2, -0.15) is 0 Å². The highest BCUT2D eigenvalue weighted by atomic mass is 16.6. The van der Waals surface area contributed by atoms with Crippen LogP contribution in [0.2, 0.25) is 0 Å². The van der Waals surface area contributed by atoms with Gasteiger partial charge in [-0.05, 0) is 36.9 Å². The minimum atomic E-state index is -0.482. The normalized spacial score (nSPS) is 18.8. The summed E-state index contributed by atoms with van der Waals surface area (Å²) in [5.74, 6) is 0.271. The topological polar surface area (TPSA) is 80.4 Å². The van der Waals surface area contributed by atoms with Gasteiger partial charge < -0.3 is 20.3 Å². The Morgan fingerprint density at radius 2 is 2.32 bits per heavy atom. The van der Waals surface area contributed by atoms with Crippen molar-refractivity contribution in [2.75, 3.05) is 26.7 Å². The molecular weight excluding hydrogens is 248 g/mol. The van der Waals surface area contributed by atoms with Crippen molar-refractivity contribution in [3.8, 4) is 0 Å².